The average molecular weight is 187 g/mol. The van der Waals surface area contributed by atoms with Crippen molar-refractivity contribution in [3.8, 4) is 0 Å². The van der Waals surface area contributed by atoms with Gasteiger partial charge >= 0.3 is 5.97 Å². The van der Waals surface area contributed by atoms with Gasteiger partial charge in [-0.3, -0.25) is 4.79 Å². The second-order valence-corrected chi connectivity index (χ2v) is 3.31. The van der Waals surface area contributed by atoms with Crippen molar-refractivity contribution in [2.24, 2.45) is 0 Å². The number of hydrogen-bond donors (Lipinski definition) is 0. The van der Waals surface area contributed by atoms with E-state index >= 15 is 0 Å². The van der Waals surface area contributed by atoms with Crippen LogP contribution in [0.15, 0.2) is 12.7 Å². The van der Waals surface area contributed by atoms with E-state index in [1.54, 1.807) is 4.31 Å². The summed E-state index contributed by atoms with van der Waals surface area (Å²) in [5, 5.41) is 0. The van der Waals surface area contributed by atoms with Crippen LogP contribution in [0.25, 0.3) is 0 Å². The molecule has 0 spiro atoms. The van der Waals surface area contributed by atoms with Crippen LogP contribution in [0.2, 0.25) is 0 Å². The summed E-state index contributed by atoms with van der Waals surface area (Å²) in [5.41, 5.74) is 0. The molecule has 0 aromatic heterocycles. The highest BCUT2D eigenvalue weighted by Crippen LogP contribution is 2.16. The minimum Gasteiger partial charge on any atom is -0.445 e. The SMILES string of the molecule is C=CC(=O)OCN1CC(=O)CS1. The summed E-state index contributed by atoms with van der Waals surface area (Å²) >= 11 is 1.38. The zero-order chi connectivity index (χ0) is 8.97. The molecule has 0 aliphatic carbocycles. The second-order valence-electron chi connectivity index (χ2n) is 2.25. The molecule has 0 N–H and O–H groups in total. The van der Waals surface area contributed by atoms with E-state index in [1.165, 1.54) is 11.9 Å². The van der Waals surface area contributed by atoms with Gasteiger partial charge in [-0.25, -0.2) is 9.10 Å². The summed E-state index contributed by atoms with van der Waals surface area (Å²) in [6.45, 7) is 3.76. The van der Waals surface area contributed by atoms with Crippen LogP contribution in [0.1, 0.15) is 0 Å². The van der Waals surface area contributed by atoms with Crippen molar-refractivity contribution >= 4 is 23.7 Å². The Morgan fingerprint density at radius 1 is 1.83 bits per heavy atom. The molecular weight excluding hydrogens is 178 g/mol. The fraction of sp³-hybridized carbons (Fsp3) is 0.429. The number of Topliss-reactive ketones (excluding diaryl/α,β-unsaturated/α-hetero) is 1. The number of esters is 1. The Morgan fingerprint density at radius 2 is 2.58 bits per heavy atom. The van der Waals surface area contributed by atoms with Crippen LogP contribution in [-0.2, 0) is 14.3 Å². The molecule has 1 aliphatic heterocycles. The maximum Gasteiger partial charge on any atom is 0.331 e. The second kappa shape index (κ2) is 4.27. The number of ether oxygens (including phenoxy) is 1. The maximum atomic E-state index is 10.7. The predicted octanol–water partition coefficient (Wildman–Crippen LogP) is 0.206. The third-order valence-electron chi connectivity index (χ3n) is 1.28. The quantitative estimate of drug-likeness (QED) is 0.359. The van der Waals surface area contributed by atoms with E-state index in [4.69, 9.17) is 4.74 Å². The molecule has 4 nitrogen and oxygen atoms in total. The largest absolute Gasteiger partial charge is 0.445 e. The Bertz CT molecular complexity index is 217. The zero-order valence-corrected chi connectivity index (χ0v) is 7.30. The van der Waals surface area contributed by atoms with Gasteiger partial charge in [-0.05, 0) is 0 Å². The van der Waals surface area contributed by atoms with E-state index in [0.717, 1.165) is 6.08 Å². The van der Waals surface area contributed by atoms with Crippen LogP contribution in [0, 0.1) is 0 Å². The molecular formula is C7H9NO3S. The van der Waals surface area contributed by atoms with E-state index in [9.17, 15) is 9.59 Å². The van der Waals surface area contributed by atoms with Gasteiger partial charge in [0.2, 0.25) is 0 Å². The summed E-state index contributed by atoms with van der Waals surface area (Å²) in [7, 11) is 0. The lowest BCUT2D eigenvalue weighted by molar-refractivity contribution is -0.140. The molecule has 1 rings (SSSR count). The van der Waals surface area contributed by atoms with Crippen LogP contribution in [0.4, 0.5) is 0 Å². The number of carbonyl (C=O) groups excluding carboxylic acids is 2. The van der Waals surface area contributed by atoms with Crippen molar-refractivity contribution in [1.29, 1.82) is 0 Å². The molecule has 1 aliphatic rings. The minimum absolute atomic E-state index is 0.154. The Hall–Kier alpha value is -0.810. The van der Waals surface area contributed by atoms with Gasteiger partial charge in [0.1, 0.15) is 0 Å². The van der Waals surface area contributed by atoms with Crippen LogP contribution >= 0.6 is 11.9 Å². The zero-order valence-electron chi connectivity index (χ0n) is 6.49. The first-order valence-electron chi connectivity index (χ1n) is 3.41. The van der Waals surface area contributed by atoms with Crippen molar-refractivity contribution in [3.05, 3.63) is 12.7 Å². The Balaban J connectivity index is 2.20. The molecule has 5 heteroatoms. The average Bonchev–Trinajstić information content (AvgIpc) is 2.47. The molecule has 0 saturated carbocycles. The topological polar surface area (TPSA) is 46.6 Å². The van der Waals surface area contributed by atoms with E-state index in [-0.39, 0.29) is 12.5 Å². The summed E-state index contributed by atoms with van der Waals surface area (Å²) < 4.78 is 6.42. The molecule has 0 radical (unpaired) electrons. The molecule has 0 bridgehead atoms. The van der Waals surface area contributed by atoms with Gasteiger partial charge < -0.3 is 4.74 Å². The fourth-order valence-corrected chi connectivity index (χ4v) is 1.51. The highest BCUT2D eigenvalue weighted by atomic mass is 32.2. The number of carbonyl (C=O) groups is 2. The van der Waals surface area contributed by atoms with Gasteiger partial charge in [-0.2, -0.15) is 0 Å². The lowest BCUT2D eigenvalue weighted by Gasteiger charge is -2.10. The van der Waals surface area contributed by atoms with E-state index < -0.39 is 5.97 Å². The smallest absolute Gasteiger partial charge is 0.331 e. The van der Waals surface area contributed by atoms with Crippen LogP contribution in [0.3, 0.4) is 0 Å². The van der Waals surface area contributed by atoms with Crippen molar-refractivity contribution in [3.63, 3.8) is 0 Å². The van der Waals surface area contributed by atoms with Crippen LogP contribution < -0.4 is 0 Å². The Morgan fingerprint density at radius 3 is 3.08 bits per heavy atom. The van der Waals surface area contributed by atoms with Gasteiger partial charge in [0.25, 0.3) is 0 Å². The monoisotopic (exact) mass is 187 g/mol. The maximum absolute atomic E-state index is 10.7. The van der Waals surface area contributed by atoms with Crippen molar-refractivity contribution in [2.45, 2.75) is 0 Å². The Kier molecular flexibility index (Phi) is 3.31. The summed E-state index contributed by atoms with van der Waals surface area (Å²) in [6, 6.07) is 0. The van der Waals surface area contributed by atoms with Crippen LogP contribution in [0.5, 0.6) is 0 Å². The molecule has 1 heterocycles. The molecule has 0 aromatic carbocycles. The summed E-state index contributed by atoms with van der Waals surface area (Å²) in [6.07, 6.45) is 1.10. The van der Waals surface area contributed by atoms with Crippen molar-refractivity contribution in [1.82, 2.24) is 4.31 Å². The third-order valence-corrected chi connectivity index (χ3v) is 2.33. The van der Waals surface area contributed by atoms with Crippen LogP contribution in [-0.4, -0.2) is 35.1 Å². The predicted molar refractivity (Wildman–Crippen MR) is 45.3 cm³/mol. The molecule has 1 saturated heterocycles. The molecule has 12 heavy (non-hydrogen) atoms. The van der Waals surface area contributed by atoms with Gasteiger partial charge in [0.05, 0.1) is 12.3 Å². The molecule has 0 aromatic rings. The highest BCUT2D eigenvalue weighted by Gasteiger charge is 2.20. The van der Waals surface area contributed by atoms with E-state index in [1.807, 2.05) is 0 Å². The first-order chi connectivity index (χ1) is 5.72. The summed E-state index contributed by atoms with van der Waals surface area (Å²) in [5.74, 6) is 0.177. The van der Waals surface area contributed by atoms with E-state index in [0.29, 0.717) is 12.3 Å². The molecule has 1 fully saturated rings. The lowest BCUT2D eigenvalue weighted by Crippen LogP contribution is -2.20. The first kappa shape index (κ1) is 9.28. The number of ketones is 1. The molecule has 0 unspecified atom stereocenters. The first-order valence-corrected chi connectivity index (χ1v) is 4.35. The molecule has 0 atom stereocenters. The van der Waals surface area contributed by atoms with Gasteiger partial charge in [0.15, 0.2) is 12.5 Å². The number of hydrogen-bond acceptors (Lipinski definition) is 5. The normalized spacial score (nSPS) is 17.8. The van der Waals surface area contributed by atoms with Gasteiger partial charge in [0, 0.05) is 6.08 Å². The molecule has 66 valence electrons. The number of nitrogens with zero attached hydrogens (tertiary/aromatic N) is 1. The third kappa shape index (κ3) is 2.67. The van der Waals surface area contributed by atoms with Gasteiger partial charge in [-0.1, -0.05) is 18.5 Å². The van der Waals surface area contributed by atoms with E-state index in [2.05, 4.69) is 6.58 Å². The Labute approximate surface area is 74.7 Å². The van der Waals surface area contributed by atoms with Gasteiger partial charge in [-0.15, -0.1) is 0 Å². The minimum atomic E-state index is -0.463. The lowest BCUT2D eigenvalue weighted by atomic mass is 10.4. The fourth-order valence-electron chi connectivity index (χ4n) is 0.729. The van der Waals surface area contributed by atoms with Crippen molar-refractivity contribution < 1.29 is 14.3 Å². The standard InChI is InChI=1S/C7H9NO3S/c1-2-7(10)11-5-8-3-6(9)4-12-8/h2H,1,3-5H2. The number of rotatable bonds is 3. The van der Waals surface area contributed by atoms with Crippen molar-refractivity contribution in [2.75, 3.05) is 19.0 Å². The molecule has 0 amide bonds. The highest BCUT2D eigenvalue weighted by molar-refractivity contribution is 7.98. The summed E-state index contributed by atoms with van der Waals surface area (Å²) in [4.78, 5) is 21.3.